The van der Waals surface area contributed by atoms with Crippen LogP contribution in [0.4, 0.5) is 0 Å². The van der Waals surface area contributed by atoms with Crippen LogP contribution < -0.4 is 0 Å². The molecule has 184 valence electrons. The van der Waals surface area contributed by atoms with Crippen LogP contribution in [0.1, 0.15) is 114 Å². The van der Waals surface area contributed by atoms with E-state index in [-0.39, 0.29) is 6.10 Å². The van der Waals surface area contributed by atoms with Crippen LogP contribution in [-0.4, -0.2) is 39.4 Å². The standard InChI is InChI=1S/C15H29O2Si.3C4H9.Sn/c1-12(2)18(13(3)4,14(5)6)17-11-15-9-7-8-10-16-15;3*1-3-4-2;/h8,12-15H,7,9,11H2,1-6H3;3*1,3-4H2,2H3;/t15-;;;;/m0..../s1. The Bertz CT molecular complexity index is 472. The summed E-state index contributed by atoms with van der Waals surface area (Å²) in [6.07, 6.45) is 13.3. The van der Waals surface area contributed by atoms with E-state index in [1.54, 1.807) is 0 Å². The molecule has 0 aromatic carbocycles. The zero-order valence-corrected chi connectivity index (χ0v) is 26.5. The molecule has 31 heavy (non-hydrogen) atoms. The molecule has 0 bridgehead atoms. The van der Waals surface area contributed by atoms with E-state index in [9.17, 15) is 0 Å². The van der Waals surface area contributed by atoms with Gasteiger partial charge < -0.3 is 0 Å². The van der Waals surface area contributed by atoms with Gasteiger partial charge in [0.05, 0.1) is 0 Å². The van der Waals surface area contributed by atoms with Crippen molar-refractivity contribution in [2.75, 3.05) is 6.61 Å². The third-order valence-corrected chi connectivity index (χ3v) is 29.1. The van der Waals surface area contributed by atoms with Gasteiger partial charge in [-0.1, -0.05) is 0 Å². The van der Waals surface area contributed by atoms with Crippen LogP contribution in [0.5, 0.6) is 0 Å². The van der Waals surface area contributed by atoms with E-state index in [1.807, 2.05) is 0 Å². The van der Waals surface area contributed by atoms with Crippen LogP contribution in [0.25, 0.3) is 0 Å². The number of allylic oxidation sites excluding steroid dienone is 1. The topological polar surface area (TPSA) is 18.5 Å². The molecular formula is C27H56O2SiSn. The van der Waals surface area contributed by atoms with Crippen molar-refractivity contribution < 1.29 is 9.16 Å². The molecule has 0 radical (unpaired) electrons. The monoisotopic (exact) mass is 560 g/mol. The summed E-state index contributed by atoms with van der Waals surface area (Å²) in [6.45, 7) is 22.2. The second-order valence-electron chi connectivity index (χ2n) is 11.1. The van der Waals surface area contributed by atoms with Crippen molar-refractivity contribution in [2.45, 2.75) is 150 Å². The molecule has 0 fully saturated rings. The van der Waals surface area contributed by atoms with E-state index in [0.29, 0.717) is 16.6 Å². The molecule has 1 aliphatic heterocycles. The average Bonchev–Trinajstić information content (AvgIpc) is 2.73. The van der Waals surface area contributed by atoms with Crippen molar-refractivity contribution in [1.29, 1.82) is 0 Å². The van der Waals surface area contributed by atoms with Crippen molar-refractivity contribution in [2.24, 2.45) is 0 Å². The SMILES string of the molecule is CCC[CH2][Sn]([CH2]CCC)([CH2]CCC)[C]1=CCC[C@@H](CO[Si](C(C)C)(C(C)C)C(C)C)O1. The first-order valence-electron chi connectivity index (χ1n) is 13.7. The van der Waals surface area contributed by atoms with Crippen molar-refractivity contribution in [1.82, 2.24) is 0 Å². The van der Waals surface area contributed by atoms with E-state index in [0.717, 1.165) is 13.0 Å². The molecule has 0 unspecified atom stereocenters. The Balaban J connectivity index is 3.02. The van der Waals surface area contributed by atoms with E-state index >= 15 is 0 Å². The van der Waals surface area contributed by atoms with E-state index in [1.165, 1.54) is 62.0 Å². The summed E-state index contributed by atoms with van der Waals surface area (Å²) in [5.74, 6) is 0. The number of hydrogen-bond acceptors (Lipinski definition) is 2. The van der Waals surface area contributed by atoms with E-state index < -0.39 is 26.7 Å². The summed E-state index contributed by atoms with van der Waals surface area (Å²) >= 11 is -2.47. The van der Waals surface area contributed by atoms with Crippen LogP contribution in [0.15, 0.2) is 9.85 Å². The maximum atomic E-state index is 6.97. The molecule has 0 aromatic rings. The normalized spacial score (nSPS) is 18.1. The fourth-order valence-corrected chi connectivity index (χ4v) is 27.6. The first-order valence-corrected chi connectivity index (χ1v) is 23.3. The third-order valence-electron chi connectivity index (χ3n) is 7.89. The molecule has 0 aromatic heterocycles. The van der Waals surface area contributed by atoms with Crippen molar-refractivity contribution in [3.8, 4) is 0 Å². The summed E-state index contributed by atoms with van der Waals surface area (Å²) in [6, 6.07) is 0. The van der Waals surface area contributed by atoms with Gasteiger partial charge in [-0.3, -0.25) is 0 Å². The summed E-state index contributed by atoms with van der Waals surface area (Å²) in [5, 5.41) is 0. The van der Waals surface area contributed by atoms with Crippen LogP contribution in [0.2, 0.25) is 29.9 Å². The molecule has 4 heteroatoms. The Morgan fingerprint density at radius 1 is 0.871 bits per heavy atom. The molecule has 1 heterocycles. The number of unbranched alkanes of at least 4 members (excludes halogenated alkanes) is 3. The summed E-state index contributed by atoms with van der Waals surface area (Å²) < 4.78 is 19.9. The zero-order valence-electron chi connectivity index (χ0n) is 22.7. The minimum atomic E-state index is -2.47. The predicted molar refractivity (Wildman–Crippen MR) is 144 cm³/mol. The average molecular weight is 560 g/mol. The molecule has 0 spiro atoms. The van der Waals surface area contributed by atoms with Crippen molar-refractivity contribution in [3.05, 3.63) is 9.85 Å². The van der Waals surface area contributed by atoms with Gasteiger partial charge in [-0.05, 0) is 0 Å². The molecule has 0 saturated carbocycles. The second kappa shape index (κ2) is 14.7. The molecular weight excluding hydrogens is 503 g/mol. The van der Waals surface area contributed by atoms with E-state index in [4.69, 9.17) is 9.16 Å². The fraction of sp³-hybridized carbons (Fsp3) is 0.926. The Labute approximate surface area is 201 Å². The van der Waals surface area contributed by atoms with E-state index in [2.05, 4.69) is 68.4 Å². The molecule has 1 rings (SSSR count). The molecule has 0 aliphatic carbocycles. The number of ether oxygens (including phenoxy) is 1. The Hall–Kier alpha value is 0.516. The molecule has 0 N–H and O–H groups in total. The van der Waals surface area contributed by atoms with Crippen molar-refractivity contribution in [3.63, 3.8) is 0 Å². The Kier molecular flexibility index (Phi) is 14.0. The number of hydrogen-bond donors (Lipinski definition) is 0. The summed E-state index contributed by atoms with van der Waals surface area (Å²) in [7, 11) is -1.82. The number of rotatable bonds is 16. The molecule has 2 nitrogen and oxygen atoms in total. The Morgan fingerprint density at radius 2 is 1.32 bits per heavy atom. The fourth-order valence-electron chi connectivity index (χ4n) is 6.17. The molecule has 1 atom stereocenters. The zero-order chi connectivity index (χ0) is 23.5. The quantitative estimate of drug-likeness (QED) is 0.175. The van der Waals surface area contributed by atoms with Gasteiger partial charge in [0.25, 0.3) is 0 Å². The van der Waals surface area contributed by atoms with Crippen LogP contribution in [-0.2, 0) is 9.16 Å². The van der Waals surface area contributed by atoms with Crippen LogP contribution in [0, 0.1) is 0 Å². The van der Waals surface area contributed by atoms with Gasteiger partial charge in [-0.25, -0.2) is 0 Å². The molecule has 0 amide bonds. The van der Waals surface area contributed by atoms with Gasteiger partial charge in [0.1, 0.15) is 0 Å². The molecule has 1 aliphatic rings. The van der Waals surface area contributed by atoms with Gasteiger partial charge in [0.2, 0.25) is 0 Å². The van der Waals surface area contributed by atoms with Gasteiger partial charge in [0, 0.05) is 0 Å². The van der Waals surface area contributed by atoms with Crippen molar-refractivity contribution >= 4 is 26.7 Å². The third kappa shape index (κ3) is 8.05. The second-order valence-corrected chi connectivity index (χ2v) is 29.6. The maximum absolute atomic E-state index is 6.97. The molecule has 0 saturated heterocycles. The van der Waals surface area contributed by atoms with Gasteiger partial charge in [0.15, 0.2) is 0 Å². The first kappa shape index (κ1) is 29.5. The Morgan fingerprint density at radius 3 is 1.71 bits per heavy atom. The summed E-state index contributed by atoms with van der Waals surface area (Å²) in [4.78, 5) is 0. The van der Waals surface area contributed by atoms with Gasteiger partial charge in [-0.2, -0.15) is 0 Å². The van der Waals surface area contributed by atoms with Crippen LogP contribution in [0.3, 0.4) is 0 Å². The van der Waals surface area contributed by atoms with Gasteiger partial charge >= 0.3 is 202 Å². The van der Waals surface area contributed by atoms with Crippen LogP contribution >= 0.6 is 0 Å². The minimum absolute atomic E-state index is 0.282. The predicted octanol–water partition coefficient (Wildman–Crippen LogP) is 9.63. The first-order chi connectivity index (χ1) is 14.7. The van der Waals surface area contributed by atoms with Gasteiger partial charge in [-0.15, -0.1) is 0 Å². The summed E-state index contributed by atoms with van der Waals surface area (Å²) in [5.41, 5.74) is 1.93.